The summed E-state index contributed by atoms with van der Waals surface area (Å²) in [6.45, 7) is 1.95. The predicted molar refractivity (Wildman–Crippen MR) is 143 cm³/mol. The van der Waals surface area contributed by atoms with Gasteiger partial charge in [0.15, 0.2) is 0 Å². The number of carbonyl (C=O) groups is 3. The van der Waals surface area contributed by atoms with Gasteiger partial charge in [0, 0.05) is 6.20 Å². The Hall–Kier alpha value is -3.26. The van der Waals surface area contributed by atoms with Crippen LogP contribution in [0.4, 0.5) is 5.82 Å². The van der Waals surface area contributed by atoms with E-state index in [0.29, 0.717) is 43.0 Å². The summed E-state index contributed by atoms with van der Waals surface area (Å²) in [5.41, 5.74) is 1.17. The molecular weight excluding hydrogens is 468 g/mol. The predicted octanol–water partition coefficient (Wildman–Crippen LogP) is 4.74. The van der Waals surface area contributed by atoms with Crippen molar-refractivity contribution < 1.29 is 19.6 Å². The van der Waals surface area contributed by atoms with E-state index in [1.165, 1.54) is 5.56 Å². The number of rotatable bonds is 14. The fourth-order valence-electron chi connectivity index (χ4n) is 5.33. The van der Waals surface area contributed by atoms with Crippen LogP contribution < -0.4 is 10.6 Å². The van der Waals surface area contributed by atoms with E-state index in [-0.39, 0.29) is 17.7 Å². The number of aryl methyl sites for hydroxylation is 1. The second kappa shape index (κ2) is 15.1. The normalized spacial score (nSPS) is 16.3. The fraction of sp³-hybridized carbons (Fsp3) is 0.517. The van der Waals surface area contributed by atoms with Gasteiger partial charge in [-0.1, -0.05) is 69.0 Å². The van der Waals surface area contributed by atoms with Gasteiger partial charge in [-0.15, -0.1) is 0 Å². The first-order chi connectivity index (χ1) is 18.0. The van der Waals surface area contributed by atoms with Crippen molar-refractivity contribution in [2.45, 2.75) is 83.2 Å². The van der Waals surface area contributed by atoms with E-state index in [0.717, 1.165) is 38.5 Å². The number of benzene rings is 1. The van der Waals surface area contributed by atoms with E-state index >= 15 is 0 Å². The van der Waals surface area contributed by atoms with Crippen molar-refractivity contribution in [2.24, 2.45) is 11.8 Å². The number of amides is 3. The maximum absolute atomic E-state index is 13.8. The highest BCUT2D eigenvalue weighted by atomic mass is 16.5. The van der Waals surface area contributed by atoms with E-state index in [1.807, 2.05) is 37.3 Å². The van der Waals surface area contributed by atoms with Gasteiger partial charge >= 0.3 is 0 Å². The molecule has 1 fully saturated rings. The maximum atomic E-state index is 13.8. The molecule has 1 saturated carbocycles. The van der Waals surface area contributed by atoms with Crippen molar-refractivity contribution in [3.8, 4) is 0 Å². The molecule has 3 N–H and O–H groups in total. The summed E-state index contributed by atoms with van der Waals surface area (Å²) in [5.74, 6) is -0.780. The zero-order valence-electron chi connectivity index (χ0n) is 21.7. The molecule has 8 heteroatoms. The van der Waals surface area contributed by atoms with Crippen LogP contribution in [-0.4, -0.2) is 45.6 Å². The molecule has 1 heterocycles. The number of hydrogen-bond acceptors (Lipinski definition) is 5. The third-order valence-electron chi connectivity index (χ3n) is 7.27. The van der Waals surface area contributed by atoms with Gasteiger partial charge in [-0.3, -0.25) is 19.6 Å². The van der Waals surface area contributed by atoms with Gasteiger partial charge < -0.3 is 10.6 Å². The smallest absolute Gasteiger partial charge is 0.248 e. The van der Waals surface area contributed by atoms with Crippen LogP contribution in [0.15, 0.2) is 54.7 Å². The first-order valence-corrected chi connectivity index (χ1v) is 13.5. The molecule has 3 rings (SSSR count). The first-order valence-electron chi connectivity index (χ1n) is 13.5. The number of hydroxylamine groups is 2. The molecular formula is C29H40N4O4. The molecule has 2 aromatic rings. The molecule has 1 aliphatic rings. The summed E-state index contributed by atoms with van der Waals surface area (Å²) in [4.78, 5) is 42.8. The summed E-state index contributed by atoms with van der Waals surface area (Å²) >= 11 is 0. The van der Waals surface area contributed by atoms with E-state index in [4.69, 9.17) is 0 Å². The Labute approximate surface area is 219 Å². The van der Waals surface area contributed by atoms with Gasteiger partial charge in [-0.25, -0.2) is 10.0 Å². The van der Waals surface area contributed by atoms with Gasteiger partial charge in [-0.05, 0) is 62.1 Å². The van der Waals surface area contributed by atoms with Crippen molar-refractivity contribution in [3.05, 3.63) is 60.3 Å². The number of nitrogens with one attached hydrogen (secondary N) is 2. The number of hydrogen-bond donors (Lipinski definition) is 3. The van der Waals surface area contributed by atoms with Crippen LogP contribution in [0.1, 0.15) is 70.3 Å². The molecule has 0 aliphatic heterocycles. The zero-order chi connectivity index (χ0) is 26.5. The van der Waals surface area contributed by atoms with Crippen LogP contribution >= 0.6 is 0 Å². The lowest BCUT2D eigenvalue weighted by Gasteiger charge is -2.34. The van der Waals surface area contributed by atoms with Crippen molar-refractivity contribution in [1.82, 2.24) is 15.4 Å². The number of carbonyl (C=O) groups excluding carboxylic acids is 3. The van der Waals surface area contributed by atoms with Gasteiger partial charge in [-0.2, -0.15) is 0 Å². The molecule has 0 saturated heterocycles. The average Bonchev–Trinajstić information content (AvgIpc) is 2.94. The van der Waals surface area contributed by atoms with Gasteiger partial charge in [0.2, 0.25) is 18.2 Å². The molecule has 0 radical (unpaired) electrons. The summed E-state index contributed by atoms with van der Waals surface area (Å²) < 4.78 is 0. The van der Waals surface area contributed by atoms with Crippen LogP contribution in [0.2, 0.25) is 0 Å². The van der Waals surface area contributed by atoms with Crippen LogP contribution in [0.25, 0.3) is 0 Å². The van der Waals surface area contributed by atoms with Crippen molar-refractivity contribution in [3.63, 3.8) is 0 Å². The molecule has 0 unspecified atom stereocenters. The highest BCUT2D eigenvalue weighted by Gasteiger charge is 2.36. The minimum Gasteiger partial charge on any atom is -0.344 e. The van der Waals surface area contributed by atoms with E-state index in [9.17, 15) is 19.6 Å². The Kier molecular flexibility index (Phi) is 11.6. The Morgan fingerprint density at radius 2 is 1.78 bits per heavy atom. The number of aromatic nitrogens is 1. The molecule has 1 aromatic heterocycles. The summed E-state index contributed by atoms with van der Waals surface area (Å²) in [6, 6.07) is 13.9. The Balaban J connectivity index is 1.79. The quantitative estimate of drug-likeness (QED) is 0.194. The SMILES string of the molecule is CCC[C@@H]([C@@H](CCCc1ccccc1)C(=O)N[C@H](C(=O)Nc1ccccn1)C1CCCCC1)N(O)C=O. The minimum absolute atomic E-state index is 0.0207. The number of nitrogens with zero attached hydrogens (tertiary/aromatic N) is 2. The third-order valence-corrected chi connectivity index (χ3v) is 7.27. The molecule has 3 atom stereocenters. The highest BCUT2D eigenvalue weighted by Crippen LogP contribution is 2.28. The Bertz CT molecular complexity index is 966. The molecule has 3 amide bonds. The minimum atomic E-state index is -0.711. The maximum Gasteiger partial charge on any atom is 0.248 e. The zero-order valence-corrected chi connectivity index (χ0v) is 21.7. The molecule has 37 heavy (non-hydrogen) atoms. The second-order valence-electron chi connectivity index (χ2n) is 9.91. The number of pyridine rings is 1. The highest BCUT2D eigenvalue weighted by molar-refractivity contribution is 5.97. The average molecular weight is 509 g/mol. The van der Waals surface area contributed by atoms with Crippen LogP contribution in [0, 0.1) is 11.8 Å². The fourth-order valence-corrected chi connectivity index (χ4v) is 5.33. The van der Waals surface area contributed by atoms with Crippen molar-refractivity contribution in [1.29, 1.82) is 0 Å². The van der Waals surface area contributed by atoms with Crippen molar-refractivity contribution >= 4 is 24.0 Å². The topological polar surface area (TPSA) is 112 Å². The van der Waals surface area contributed by atoms with Gasteiger partial charge in [0.25, 0.3) is 0 Å². The van der Waals surface area contributed by atoms with E-state index in [1.54, 1.807) is 24.4 Å². The van der Waals surface area contributed by atoms with E-state index < -0.39 is 18.0 Å². The van der Waals surface area contributed by atoms with Gasteiger partial charge in [0.1, 0.15) is 11.9 Å². The van der Waals surface area contributed by atoms with Gasteiger partial charge in [0.05, 0.1) is 12.0 Å². The van der Waals surface area contributed by atoms with Crippen LogP contribution in [0.5, 0.6) is 0 Å². The first kappa shape index (κ1) is 28.3. The molecule has 1 aliphatic carbocycles. The number of anilines is 1. The van der Waals surface area contributed by atoms with Crippen molar-refractivity contribution in [2.75, 3.05) is 5.32 Å². The monoisotopic (exact) mass is 508 g/mol. The Morgan fingerprint density at radius 3 is 2.43 bits per heavy atom. The molecule has 0 bridgehead atoms. The molecule has 200 valence electrons. The summed E-state index contributed by atoms with van der Waals surface area (Å²) in [6.07, 6.45) is 10.00. The molecule has 1 aromatic carbocycles. The van der Waals surface area contributed by atoms with Crippen LogP contribution in [0.3, 0.4) is 0 Å². The van der Waals surface area contributed by atoms with E-state index in [2.05, 4.69) is 15.6 Å². The third kappa shape index (κ3) is 8.67. The molecule has 0 spiro atoms. The summed E-state index contributed by atoms with van der Waals surface area (Å²) in [7, 11) is 0. The lowest BCUT2D eigenvalue weighted by atomic mass is 9.82. The van der Waals surface area contributed by atoms with Crippen LogP contribution in [-0.2, 0) is 20.8 Å². The largest absolute Gasteiger partial charge is 0.344 e. The lowest BCUT2D eigenvalue weighted by molar-refractivity contribution is -0.169. The Morgan fingerprint density at radius 1 is 1.05 bits per heavy atom. The lowest BCUT2D eigenvalue weighted by Crippen LogP contribution is -2.53. The molecule has 8 nitrogen and oxygen atoms in total. The summed E-state index contributed by atoms with van der Waals surface area (Å²) in [5, 5.41) is 16.9. The standard InChI is InChI=1S/C29H40N4O4/c1-2-12-25(33(37)21-34)24(18-11-15-22-13-5-3-6-14-22)28(35)32-27(23-16-7-4-8-17-23)29(36)31-26-19-9-10-20-30-26/h3,5-6,9-10,13-14,19-21,23-25,27,37H,2,4,7-8,11-12,15-18H2,1H3,(H,32,35)(H,30,31,36)/t24-,25+,27+/m1/s1. The second-order valence-corrected chi connectivity index (χ2v) is 9.91.